The molecule has 0 radical (unpaired) electrons. The summed E-state index contributed by atoms with van der Waals surface area (Å²) in [6.45, 7) is 2.55. The summed E-state index contributed by atoms with van der Waals surface area (Å²) in [4.78, 5) is 23.4. The molecule has 0 aliphatic heterocycles. The molecule has 2 N–H and O–H groups in total. The maximum absolute atomic E-state index is 12.0. The number of methoxy groups -OCH3 is 1. The minimum absolute atomic E-state index is 0.118. The Labute approximate surface area is 135 Å². The number of anilines is 2. The first-order valence-corrected chi connectivity index (χ1v) is 7.37. The number of hydrogen-bond donors (Lipinski definition) is 2. The smallest absolute Gasteiger partial charge is 0.337 e. The van der Waals surface area contributed by atoms with Crippen LogP contribution in [0.5, 0.6) is 0 Å². The fraction of sp³-hybridized carbons (Fsp3) is 0.222. The van der Waals surface area contributed by atoms with Crippen molar-refractivity contribution in [1.29, 1.82) is 0 Å². The van der Waals surface area contributed by atoms with Crippen LogP contribution in [0.3, 0.4) is 0 Å². The summed E-state index contributed by atoms with van der Waals surface area (Å²) >= 11 is 0. The van der Waals surface area contributed by atoms with Crippen LogP contribution in [-0.4, -0.2) is 25.5 Å². The van der Waals surface area contributed by atoms with E-state index in [1.165, 1.54) is 12.7 Å². The van der Waals surface area contributed by atoms with Crippen molar-refractivity contribution in [3.05, 3.63) is 59.7 Å². The standard InChI is InChI=1S/C18H20N2O3/c1-13-5-3-7-15(11-13)19-10-9-17(21)20-16-8-4-6-14(12-16)18(22)23-2/h3-8,11-12,19H,9-10H2,1-2H3,(H,20,21). The van der Waals surface area contributed by atoms with Gasteiger partial charge in [0.1, 0.15) is 0 Å². The van der Waals surface area contributed by atoms with E-state index in [0.29, 0.717) is 24.2 Å². The van der Waals surface area contributed by atoms with Gasteiger partial charge in [-0.05, 0) is 42.8 Å². The molecule has 5 nitrogen and oxygen atoms in total. The summed E-state index contributed by atoms with van der Waals surface area (Å²) in [7, 11) is 1.32. The second-order valence-electron chi connectivity index (χ2n) is 5.17. The first-order chi connectivity index (χ1) is 11.1. The van der Waals surface area contributed by atoms with Crippen molar-refractivity contribution in [2.24, 2.45) is 0 Å². The number of aryl methyl sites for hydroxylation is 1. The molecule has 5 heteroatoms. The summed E-state index contributed by atoms with van der Waals surface area (Å²) in [6, 6.07) is 14.6. The summed E-state index contributed by atoms with van der Waals surface area (Å²) in [5.74, 6) is -0.547. The van der Waals surface area contributed by atoms with Crippen molar-refractivity contribution < 1.29 is 14.3 Å². The molecule has 0 spiro atoms. The number of carbonyl (C=O) groups excluding carboxylic acids is 2. The van der Waals surface area contributed by atoms with Gasteiger partial charge in [-0.2, -0.15) is 0 Å². The van der Waals surface area contributed by atoms with Gasteiger partial charge < -0.3 is 15.4 Å². The van der Waals surface area contributed by atoms with Gasteiger partial charge in [0.15, 0.2) is 0 Å². The first-order valence-electron chi connectivity index (χ1n) is 7.37. The van der Waals surface area contributed by atoms with Crippen LogP contribution in [0.2, 0.25) is 0 Å². The van der Waals surface area contributed by atoms with Crippen LogP contribution in [0.4, 0.5) is 11.4 Å². The van der Waals surface area contributed by atoms with E-state index >= 15 is 0 Å². The van der Waals surface area contributed by atoms with Crippen LogP contribution in [0.25, 0.3) is 0 Å². The minimum atomic E-state index is -0.429. The highest BCUT2D eigenvalue weighted by molar-refractivity contribution is 5.94. The lowest BCUT2D eigenvalue weighted by Crippen LogP contribution is -2.16. The second kappa shape index (κ2) is 7.98. The molecule has 0 unspecified atom stereocenters. The molecule has 2 aromatic carbocycles. The normalized spacial score (nSPS) is 10.0. The molecule has 0 aromatic heterocycles. The molecule has 0 aliphatic carbocycles. The van der Waals surface area contributed by atoms with E-state index in [9.17, 15) is 9.59 Å². The zero-order chi connectivity index (χ0) is 16.7. The summed E-state index contributed by atoms with van der Waals surface area (Å²) in [6.07, 6.45) is 0.330. The highest BCUT2D eigenvalue weighted by Crippen LogP contribution is 2.12. The fourth-order valence-electron chi connectivity index (χ4n) is 2.14. The number of carbonyl (C=O) groups is 2. The largest absolute Gasteiger partial charge is 0.465 e. The molecule has 1 amide bonds. The lowest BCUT2D eigenvalue weighted by molar-refractivity contribution is -0.115. The number of benzene rings is 2. The van der Waals surface area contributed by atoms with Gasteiger partial charge in [0.2, 0.25) is 5.91 Å². The summed E-state index contributed by atoms with van der Waals surface area (Å²) in [5.41, 5.74) is 3.14. The van der Waals surface area contributed by atoms with Crippen LogP contribution < -0.4 is 10.6 Å². The monoisotopic (exact) mass is 312 g/mol. The molecule has 0 atom stereocenters. The van der Waals surface area contributed by atoms with Crippen LogP contribution in [0.15, 0.2) is 48.5 Å². The Morgan fingerprint density at radius 2 is 1.78 bits per heavy atom. The van der Waals surface area contributed by atoms with Gasteiger partial charge in [-0.25, -0.2) is 4.79 Å². The Morgan fingerprint density at radius 1 is 1.04 bits per heavy atom. The third kappa shape index (κ3) is 5.14. The maximum Gasteiger partial charge on any atom is 0.337 e. The average molecular weight is 312 g/mol. The van der Waals surface area contributed by atoms with E-state index < -0.39 is 5.97 Å². The fourth-order valence-corrected chi connectivity index (χ4v) is 2.14. The molecule has 0 heterocycles. The average Bonchev–Trinajstić information content (AvgIpc) is 2.54. The van der Waals surface area contributed by atoms with Gasteiger partial charge in [0, 0.05) is 24.3 Å². The van der Waals surface area contributed by atoms with Crippen molar-refractivity contribution in [2.75, 3.05) is 24.3 Å². The molecule has 0 fully saturated rings. The van der Waals surface area contributed by atoms with Crippen LogP contribution >= 0.6 is 0 Å². The lowest BCUT2D eigenvalue weighted by Gasteiger charge is -2.09. The number of ether oxygens (including phenoxy) is 1. The Balaban J connectivity index is 1.84. The zero-order valence-electron chi connectivity index (χ0n) is 13.3. The molecular formula is C18H20N2O3. The van der Waals surface area contributed by atoms with Crippen LogP contribution in [-0.2, 0) is 9.53 Å². The third-order valence-electron chi connectivity index (χ3n) is 3.27. The predicted octanol–water partition coefficient (Wildman–Crippen LogP) is 3.22. The molecular weight excluding hydrogens is 292 g/mol. The molecule has 0 bridgehead atoms. The zero-order valence-corrected chi connectivity index (χ0v) is 13.3. The van der Waals surface area contributed by atoms with E-state index in [4.69, 9.17) is 0 Å². The molecule has 0 saturated carbocycles. The van der Waals surface area contributed by atoms with E-state index in [-0.39, 0.29) is 5.91 Å². The third-order valence-corrected chi connectivity index (χ3v) is 3.27. The van der Waals surface area contributed by atoms with Crippen molar-refractivity contribution in [1.82, 2.24) is 0 Å². The molecule has 2 rings (SSSR count). The van der Waals surface area contributed by atoms with Crippen LogP contribution in [0, 0.1) is 6.92 Å². The quantitative estimate of drug-likeness (QED) is 0.804. The number of rotatable bonds is 6. The van der Waals surface area contributed by atoms with Gasteiger partial charge in [0.25, 0.3) is 0 Å². The van der Waals surface area contributed by atoms with E-state index in [2.05, 4.69) is 15.4 Å². The Hall–Kier alpha value is -2.82. The van der Waals surface area contributed by atoms with Crippen molar-refractivity contribution >= 4 is 23.3 Å². The van der Waals surface area contributed by atoms with E-state index in [0.717, 1.165) is 5.69 Å². The van der Waals surface area contributed by atoms with Crippen molar-refractivity contribution in [2.45, 2.75) is 13.3 Å². The molecule has 23 heavy (non-hydrogen) atoms. The van der Waals surface area contributed by atoms with Gasteiger partial charge in [-0.15, -0.1) is 0 Å². The number of esters is 1. The summed E-state index contributed by atoms with van der Waals surface area (Å²) < 4.78 is 4.66. The predicted molar refractivity (Wildman–Crippen MR) is 90.7 cm³/mol. The number of amides is 1. The topological polar surface area (TPSA) is 67.4 Å². The van der Waals surface area contributed by atoms with E-state index in [1.807, 2.05) is 31.2 Å². The Morgan fingerprint density at radius 3 is 2.52 bits per heavy atom. The molecule has 0 saturated heterocycles. The van der Waals surface area contributed by atoms with Crippen molar-refractivity contribution in [3.8, 4) is 0 Å². The highest BCUT2D eigenvalue weighted by Gasteiger charge is 2.07. The maximum atomic E-state index is 12.0. The molecule has 120 valence electrons. The minimum Gasteiger partial charge on any atom is -0.465 e. The van der Waals surface area contributed by atoms with Gasteiger partial charge in [-0.1, -0.05) is 18.2 Å². The molecule has 2 aromatic rings. The van der Waals surface area contributed by atoms with Gasteiger partial charge >= 0.3 is 5.97 Å². The molecule has 0 aliphatic rings. The van der Waals surface area contributed by atoms with Gasteiger partial charge in [0.05, 0.1) is 12.7 Å². The van der Waals surface area contributed by atoms with E-state index in [1.54, 1.807) is 24.3 Å². The summed E-state index contributed by atoms with van der Waals surface area (Å²) in [5, 5.41) is 5.98. The first kappa shape index (κ1) is 16.5. The number of hydrogen-bond acceptors (Lipinski definition) is 4. The highest BCUT2D eigenvalue weighted by atomic mass is 16.5. The SMILES string of the molecule is COC(=O)c1cccc(NC(=O)CCNc2cccc(C)c2)c1. The Bertz CT molecular complexity index is 698. The number of nitrogens with one attached hydrogen (secondary N) is 2. The van der Waals surface area contributed by atoms with Gasteiger partial charge in [-0.3, -0.25) is 4.79 Å². The van der Waals surface area contributed by atoms with Crippen molar-refractivity contribution in [3.63, 3.8) is 0 Å². The lowest BCUT2D eigenvalue weighted by atomic mass is 10.2. The van der Waals surface area contributed by atoms with Crippen LogP contribution in [0.1, 0.15) is 22.3 Å². The Kier molecular flexibility index (Phi) is 5.74. The second-order valence-corrected chi connectivity index (χ2v) is 5.17.